The molecule has 0 bridgehead atoms. The Hall–Kier alpha value is -0.220. The van der Waals surface area contributed by atoms with Crippen LogP contribution in [0.15, 0.2) is 0 Å². The lowest BCUT2D eigenvalue weighted by Crippen LogP contribution is -2.38. The Morgan fingerprint density at radius 3 is 2.72 bits per heavy atom. The first kappa shape index (κ1) is 15.8. The van der Waals surface area contributed by atoms with Gasteiger partial charge in [-0.05, 0) is 38.0 Å². The molecule has 1 aliphatic carbocycles. The van der Waals surface area contributed by atoms with Crippen molar-refractivity contribution in [1.82, 2.24) is 5.32 Å². The summed E-state index contributed by atoms with van der Waals surface area (Å²) >= 11 is 2.04. The summed E-state index contributed by atoms with van der Waals surface area (Å²) in [7, 11) is 1.47. The monoisotopic (exact) mass is 273 g/mol. The van der Waals surface area contributed by atoms with Gasteiger partial charge >= 0.3 is 5.97 Å². The Morgan fingerprint density at radius 1 is 1.39 bits per heavy atom. The minimum atomic E-state index is -0.119. The third-order valence-electron chi connectivity index (χ3n) is 3.44. The molecule has 0 aromatic carbocycles. The van der Waals surface area contributed by atoms with Crippen molar-refractivity contribution in [3.8, 4) is 0 Å². The van der Waals surface area contributed by atoms with Crippen LogP contribution in [0.5, 0.6) is 0 Å². The van der Waals surface area contributed by atoms with Crippen molar-refractivity contribution in [2.75, 3.05) is 19.4 Å². The molecule has 1 N–H and O–H groups in total. The number of hydrogen-bond donors (Lipinski definition) is 1. The molecule has 1 unspecified atom stereocenters. The number of methoxy groups -OCH3 is 1. The van der Waals surface area contributed by atoms with Crippen LogP contribution >= 0.6 is 11.8 Å². The molecule has 0 heterocycles. The molecule has 1 aliphatic rings. The van der Waals surface area contributed by atoms with Gasteiger partial charge < -0.3 is 10.1 Å². The number of rotatable bonds is 8. The van der Waals surface area contributed by atoms with Gasteiger partial charge in [0.1, 0.15) is 6.04 Å². The molecule has 1 rings (SSSR count). The molecule has 1 saturated carbocycles. The summed E-state index contributed by atoms with van der Waals surface area (Å²) in [6.07, 6.45) is 8.81. The van der Waals surface area contributed by atoms with Gasteiger partial charge in [0.15, 0.2) is 0 Å². The van der Waals surface area contributed by atoms with E-state index in [9.17, 15) is 4.79 Å². The van der Waals surface area contributed by atoms with Crippen molar-refractivity contribution in [3.05, 3.63) is 0 Å². The van der Waals surface area contributed by atoms with Gasteiger partial charge in [0, 0.05) is 5.25 Å². The van der Waals surface area contributed by atoms with Gasteiger partial charge in [0.05, 0.1) is 7.11 Å². The molecule has 0 aliphatic heterocycles. The zero-order chi connectivity index (χ0) is 13.2. The Labute approximate surface area is 115 Å². The molecule has 0 radical (unpaired) electrons. The van der Waals surface area contributed by atoms with E-state index in [1.165, 1.54) is 39.2 Å². The minimum absolute atomic E-state index is 0.118. The fourth-order valence-corrected chi connectivity index (χ4v) is 3.72. The second-order valence-corrected chi connectivity index (χ2v) is 6.36. The maximum absolute atomic E-state index is 11.6. The highest BCUT2D eigenvalue weighted by Gasteiger charge is 2.19. The molecule has 1 fully saturated rings. The first-order valence-electron chi connectivity index (χ1n) is 7.20. The van der Waals surface area contributed by atoms with E-state index in [-0.39, 0.29) is 12.0 Å². The van der Waals surface area contributed by atoms with Crippen LogP contribution in [-0.2, 0) is 9.53 Å². The summed E-state index contributed by atoms with van der Waals surface area (Å²) < 4.78 is 4.84. The van der Waals surface area contributed by atoms with Crippen molar-refractivity contribution in [2.24, 2.45) is 0 Å². The van der Waals surface area contributed by atoms with Gasteiger partial charge in [-0.2, -0.15) is 11.8 Å². The molecule has 1 atom stereocenters. The summed E-state index contributed by atoms with van der Waals surface area (Å²) in [5, 5.41) is 4.09. The Balaban J connectivity index is 2.20. The van der Waals surface area contributed by atoms with Crippen molar-refractivity contribution in [3.63, 3.8) is 0 Å². The smallest absolute Gasteiger partial charge is 0.322 e. The molecule has 4 heteroatoms. The van der Waals surface area contributed by atoms with E-state index in [0.717, 1.165) is 30.4 Å². The molecular formula is C14H27NO2S. The average Bonchev–Trinajstić information content (AvgIpc) is 2.43. The van der Waals surface area contributed by atoms with Gasteiger partial charge in [-0.15, -0.1) is 0 Å². The molecule has 106 valence electrons. The first-order valence-corrected chi connectivity index (χ1v) is 8.25. The molecule has 3 nitrogen and oxygen atoms in total. The summed E-state index contributed by atoms with van der Waals surface area (Å²) in [6.45, 7) is 2.99. The number of ether oxygens (including phenoxy) is 1. The summed E-state index contributed by atoms with van der Waals surface area (Å²) in [5.74, 6) is 0.939. The normalized spacial score (nSPS) is 18.6. The Morgan fingerprint density at radius 2 is 2.11 bits per heavy atom. The predicted octanol–water partition coefficient (Wildman–Crippen LogP) is 2.98. The highest BCUT2D eigenvalue weighted by molar-refractivity contribution is 7.99. The number of thioether (sulfide) groups is 1. The summed E-state index contributed by atoms with van der Waals surface area (Å²) in [4.78, 5) is 11.6. The van der Waals surface area contributed by atoms with E-state index in [2.05, 4.69) is 12.2 Å². The van der Waals surface area contributed by atoms with Crippen LogP contribution in [0.4, 0.5) is 0 Å². The van der Waals surface area contributed by atoms with Gasteiger partial charge in [-0.3, -0.25) is 4.79 Å². The van der Waals surface area contributed by atoms with Crippen LogP contribution in [0.25, 0.3) is 0 Å². The van der Waals surface area contributed by atoms with Gasteiger partial charge in [0.25, 0.3) is 0 Å². The van der Waals surface area contributed by atoms with E-state index in [1.54, 1.807) is 0 Å². The highest BCUT2D eigenvalue weighted by atomic mass is 32.2. The van der Waals surface area contributed by atoms with Gasteiger partial charge in [0.2, 0.25) is 0 Å². The minimum Gasteiger partial charge on any atom is -0.468 e. The number of carbonyl (C=O) groups is 1. The topological polar surface area (TPSA) is 38.3 Å². The standard InChI is InChI=1S/C14H27NO2S/c1-3-10-15-13(14(16)17-2)9-11-18-12-7-5-4-6-8-12/h12-13,15H,3-11H2,1-2H3. The quantitative estimate of drug-likeness (QED) is 0.690. The predicted molar refractivity (Wildman–Crippen MR) is 78.0 cm³/mol. The largest absolute Gasteiger partial charge is 0.468 e. The molecule has 0 amide bonds. The van der Waals surface area contributed by atoms with E-state index < -0.39 is 0 Å². The molecule has 18 heavy (non-hydrogen) atoms. The van der Waals surface area contributed by atoms with E-state index in [1.807, 2.05) is 11.8 Å². The van der Waals surface area contributed by atoms with Crippen molar-refractivity contribution in [1.29, 1.82) is 0 Å². The zero-order valence-electron chi connectivity index (χ0n) is 11.7. The average molecular weight is 273 g/mol. The van der Waals surface area contributed by atoms with Crippen LogP contribution in [0.1, 0.15) is 51.9 Å². The zero-order valence-corrected chi connectivity index (χ0v) is 12.6. The van der Waals surface area contributed by atoms with Crippen molar-refractivity contribution >= 4 is 17.7 Å². The number of esters is 1. The van der Waals surface area contributed by atoms with Crippen LogP contribution in [0, 0.1) is 0 Å². The lowest BCUT2D eigenvalue weighted by molar-refractivity contribution is -0.143. The van der Waals surface area contributed by atoms with Crippen LogP contribution in [-0.4, -0.2) is 36.7 Å². The maximum Gasteiger partial charge on any atom is 0.322 e. The van der Waals surface area contributed by atoms with Gasteiger partial charge in [-0.25, -0.2) is 0 Å². The lowest BCUT2D eigenvalue weighted by Gasteiger charge is -2.22. The van der Waals surface area contributed by atoms with E-state index in [4.69, 9.17) is 4.74 Å². The molecule has 0 aromatic heterocycles. The first-order chi connectivity index (χ1) is 8.77. The summed E-state index contributed by atoms with van der Waals surface area (Å²) in [6, 6.07) is -0.119. The number of carbonyl (C=O) groups excluding carboxylic acids is 1. The van der Waals surface area contributed by atoms with Crippen LogP contribution in [0.2, 0.25) is 0 Å². The van der Waals surface area contributed by atoms with Gasteiger partial charge in [-0.1, -0.05) is 26.2 Å². The molecular weight excluding hydrogens is 246 g/mol. The SMILES string of the molecule is CCCNC(CCSC1CCCCC1)C(=O)OC. The Bertz CT molecular complexity index is 230. The highest BCUT2D eigenvalue weighted by Crippen LogP contribution is 2.28. The third-order valence-corrected chi connectivity index (χ3v) is 4.85. The molecule has 0 saturated heterocycles. The van der Waals surface area contributed by atoms with Crippen LogP contribution < -0.4 is 5.32 Å². The van der Waals surface area contributed by atoms with Crippen molar-refractivity contribution < 1.29 is 9.53 Å². The summed E-state index contributed by atoms with van der Waals surface area (Å²) in [5.41, 5.74) is 0. The number of hydrogen-bond acceptors (Lipinski definition) is 4. The van der Waals surface area contributed by atoms with E-state index in [0.29, 0.717) is 0 Å². The van der Waals surface area contributed by atoms with Crippen molar-refractivity contribution in [2.45, 2.75) is 63.2 Å². The molecule has 0 spiro atoms. The third kappa shape index (κ3) is 6.10. The van der Waals surface area contributed by atoms with E-state index >= 15 is 0 Å². The lowest BCUT2D eigenvalue weighted by atomic mass is 10.0. The fourth-order valence-electron chi connectivity index (χ4n) is 2.35. The second kappa shape index (κ2) is 9.68. The van der Waals surface area contributed by atoms with Crippen LogP contribution in [0.3, 0.4) is 0 Å². The maximum atomic E-state index is 11.6. The number of nitrogens with one attached hydrogen (secondary N) is 1. The second-order valence-electron chi connectivity index (χ2n) is 4.95. The Kier molecular flexibility index (Phi) is 8.51. The fraction of sp³-hybridized carbons (Fsp3) is 0.929. The molecule has 0 aromatic rings.